The molecule has 0 fully saturated rings. The Morgan fingerprint density at radius 1 is 0.972 bits per heavy atom. The molecule has 0 aliphatic carbocycles. The largest absolute Gasteiger partial charge is 0.497 e. The van der Waals surface area contributed by atoms with E-state index in [0.717, 1.165) is 18.2 Å². The first kappa shape index (κ1) is 29.0. The molecule has 0 aliphatic heterocycles. The van der Waals surface area contributed by atoms with Gasteiger partial charge in [0.2, 0.25) is 21.8 Å². The summed E-state index contributed by atoms with van der Waals surface area (Å²) in [4.78, 5) is 27.5. The van der Waals surface area contributed by atoms with E-state index in [0.29, 0.717) is 30.2 Å². The maximum absolute atomic E-state index is 13.3. The van der Waals surface area contributed by atoms with Gasteiger partial charge in [0.1, 0.15) is 17.5 Å². The lowest BCUT2D eigenvalue weighted by Gasteiger charge is -2.29. The van der Waals surface area contributed by atoms with Gasteiger partial charge in [-0.25, -0.2) is 8.42 Å². The van der Waals surface area contributed by atoms with Gasteiger partial charge in [0, 0.05) is 26.1 Å². The van der Waals surface area contributed by atoms with Crippen LogP contribution in [-0.2, 0) is 26.2 Å². The molecular formula is C26H37N3O6S. The van der Waals surface area contributed by atoms with E-state index >= 15 is 0 Å². The van der Waals surface area contributed by atoms with Crippen molar-refractivity contribution >= 4 is 27.5 Å². The first-order valence-electron chi connectivity index (χ1n) is 11.9. The van der Waals surface area contributed by atoms with Crippen LogP contribution in [0.25, 0.3) is 0 Å². The Balaban J connectivity index is 2.15. The number of carbonyl (C=O) groups is 2. The van der Waals surface area contributed by atoms with E-state index in [1.54, 1.807) is 50.4 Å². The van der Waals surface area contributed by atoms with Crippen LogP contribution >= 0.6 is 0 Å². The molecule has 0 aliphatic rings. The van der Waals surface area contributed by atoms with Crippen LogP contribution in [0.5, 0.6) is 11.5 Å². The fourth-order valence-corrected chi connectivity index (χ4v) is 4.62. The second-order valence-corrected chi connectivity index (χ2v) is 10.4. The number of hydrogen-bond donors (Lipinski definition) is 1. The Labute approximate surface area is 214 Å². The van der Waals surface area contributed by atoms with E-state index in [4.69, 9.17) is 9.47 Å². The highest BCUT2D eigenvalue weighted by Crippen LogP contribution is 2.22. The van der Waals surface area contributed by atoms with Gasteiger partial charge in [0.15, 0.2) is 0 Å². The highest BCUT2D eigenvalue weighted by molar-refractivity contribution is 7.92. The van der Waals surface area contributed by atoms with Gasteiger partial charge in [0.05, 0.1) is 26.2 Å². The highest BCUT2D eigenvalue weighted by atomic mass is 32.2. The van der Waals surface area contributed by atoms with E-state index in [1.165, 1.54) is 16.3 Å². The Kier molecular flexibility index (Phi) is 11.0. The number of amides is 2. The SMILES string of the molecule is CCCNC(=O)C(C)N(Cc1ccc(OC)cc1)C(=O)CCCN(c1ccc(OC)cc1)S(C)(=O)=O. The predicted octanol–water partition coefficient (Wildman–Crippen LogP) is 3.19. The second kappa shape index (κ2) is 13.7. The number of benzene rings is 2. The lowest BCUT2D eigenvalue weighted by atomic mass is 10.1. The summed E-state index contributed by atoms with van der Waals surface area (Å²) in [6.45, 7) is 4.56. The molecule has 9 nitrogen and oxygen atoms in total. The minimum absolute atomic E-state index is 0.0870. The van der Waals surface area contributed by atoms with Crippen molar-refractivity contribution in [1.82, 2.24) is 10.2 Å². The van der Waals surface area contributed by atoms with Gasteiger partial charge in [-0.2, -0.15) is 0 Å². The number of carbonyl (C=O) groups excluding carboxylic acids is 2. The fourth-order valence-electron chi connectivity index (χ4n) is 3.66. The van der Waals surface area contributed by atoms with Crippen LogP contribution in [0, 0.1) is 0 Å². The normalized spacial score (nSPS) is 11.9. The molecule has 0 saturated heterocycles. The van der Waals surface area contributed by atoms with Crippen LogP contribution in [0.2, 0.25) is 0 Å². The van der Waals surface area contributed by atoms with Gasteiger partial charge in [0.25, 0.3) is 0 Å². The Morgan fingerprint density at radius 2 is 1.53 bits per heavy atom. The number of hydrogen-bond acceptors (Lipinski definition) is 6. The first-order valence-corrected chi connectivity index (χ1v) is 13.8. The number of methoxy groups -OCH3 is 2. The maximum Gasteiger partial charge on any atom is 0.242 e. The summed E-state index contributed by atoms with van der Waals surface area (Å²) in [5, 5.41) is 2.85. The van der Waals surface area contributed by atoms with Crippen molar-refractivity contribution in [3.8, 4) is 11.5 Å². The van der Waals surface area contributed by atoms with Gasteiger partial charge in [-0.05, 0) is 61.7 Å². The summed E-state index contributed by atoms with van der Waals surface area (Å²) in [7, 11) is -0.441. The second-order valence-electron chi connectivity index (χ2n) is 8.47. The molecule has 0 bridgehead atoms. The van der Waals surface area contributed by atoms with Crippen LogP contribution in [0.4, 0.5) is 5.69 Å². The summed E-state index contributed by atoms with van der Waals surface area (Å²) in [6.07, 6.45) is 2.30. The van der Waals surface area contributed by atoms with E-state index in [2.05, 4.69) is 5.32 Å². The van der Waals surface area contributed by atoms with Gasteiger partial charge in [-0.15, -0.1) is 0 Å². The molecule has 0 radical (unpaired) electrons. The Morgan fingerprint density at radius 3 is 2.03 bits per heavy atom. The van der Waals surface area contributed by atoms with Gasteiger partial charge < -0.3 is 19.7 Å². The molecule has 2 amide bonds. The van der Waals surface area contributed by atoms with Crippen molar-refractivity contribution in [2.45, 2.75) is 45.7 Å². The minimum atomic E-state index is -3.56. The molecule has 10 heteroatoms. The summed E-state index contributed by atoms with van der Waals surface area (Å²) in [5.41, 5.74) is 1.35. The molecule has 1 N–H and O–H groups in total. The third kappa shape index (κ3) is 8.44. The standard InChI is InChI=1S/C26H37N3O6S/c1-6-17-27-26(31)20(2)28(19-21-9-13-23(34-3)14-10-21)25(30)8-7-18-29(36(5,32)33)22-11-15-24(35-4)16-12-22/h9-16,20H,6-8,17-19H2,1-5H3,(H,27,31). The molecule has 0 spiro atoms. The highest BCUT2D eigenvalue weighted by Gasteiger charge is 2.26. The number of ether oxygens (including phenoxy) is 2. The zero-order valence-electron chi connectivity index (χ0n) is 21.7. The summed E-state index contributed by atoms with van der Waals surface area (Å²) < 4.78 is 36.5. The van der Waals surface area contributed by atoms with Crippen molar-refractivity contribution in [2.24, 2.45) is 0 Å². The van der Waals surface area contributed by atoms with Crippen molar-refractivity contribution in [2.75, 3.05) is 37.9 Å². The number of nitrogens with zero attached hydrogens (tertiary/aromatic N) is 2. The molecule has 0 heterocycles. The molecule has 2 aromatic carbocycles. The van der Waals surface area contributed by atoms with E-state index in [1.807, 2.05) is 19.1 Å². The summed E-state index contributed by atoms with van der Waals surface area (Å²) >= 11 is 0. The molecule has 36 heavy (non-hydrogen) atoms. The van der Waals surface area contributed by atoms with Crippen molar-refractivity contribution in [1.29, 1.82) is 0 Å². The zero-order chi connectivity index (χ0) is 26.7. The quantitative estimate of drug-likeness (QED) is 0.411. The summed E-state index contributed by atoms with van der Waals surface area (Å²) in [5.74, 6) is 0.861. The topological polar surface area (TPSA) is 105 Å². The third-order valence-electron chi connectivity index (χ3n) is 5.74. The zero-order valence-corrected chi connectivity index (χ0v) is 22.5. The van der Waals surface area contributed by atoms with Crippen LogP contribution in [-0.4, -0.2) is 64.7 Å². The van der Waals surface area contributed by atoms with Crippen LogP contribution in [0.1, 0.15) is 38.7 Å². The molecule has 2 rings (SSSR count). The number of rotatable bonds is 14. The van der Waals surface area contributed by atoms with E-state index in [-0.39, 0.29) is 31.3 Å². The third-order valence-corrected chi connectivity index (χ3v) is 6.94. The van der Waals surface area contributed by atoms with E-state index in [9.17, 15) is 18.0 Å². The molecule has 1 atom stereocenters. The van der Waals surface area contributed by atoms with Gasteiger partial charge >= 0.3 is 0 Å². The van der Waals surface area contributed by atoms with Crippen molar-refractivity contribution in [3.63, 3.8) is 0 Å². The van der Waals surface area contributed by atoms with Crippen molar-refractivity contribution < 1.29 is 27.5 Å². The van der Waals surface area contributed by atoms with Crippen molar-refractivity contribution in [3.05, 3.63) is 54.1 Å². The van der Waals surface area contributed by atoms with Crippen LogP contribution < -0.4 is 19.1 Å². The Bertz CT molecular complexity index is 1090. The fraction of sp³-hybridized carbons (Fsp3) is 0.462. The molecule has 2 aromatic rings. The minimum Gasteiger partial charge on any atom is -0.497 e. The molecular weight excluding hydrogens is 482 g/mol. The molecule has 1 unspecified atom stereocenters. The average molecular weight is 520 g/mol. The van der Waals surface area contributed by atoms with Gasteiger partial charge in [-0.3, -0.25) is 13.9 Å². The number of sulfonamides is 1. The number of nitrogens with one attached hydrogen (secondary N) is 1. The monoisotopic (exact) mass is 519 g/mol. The lowest BCUT2D eigenvalue weighted by molar-refractivity contribution is -0.140. The van der Waals surface area contributed by atoms with Crippen LogP contribution in [0.3, 0.4) is 0 Å². The number of anilines is 1. The first-order chi connectivity index (χ1) is 17.1. The molecule has 198 valence electrons. The predicted molar refractivity (Wildman–Crippen MR) is 141 cm³/mol. The summed E-state index contributed by atoms with van der Waals surface area (Å²) in [6, 6.07) is 13.3. The Hall–Kier alpha value is -3.27. The smallest absolute Gasteiger partial charge is 0.242 e. The average Bonchev–Trinajstić information content (AvgIpc) is 2.87. The molecule has 0 aromatic heterocycles. The van der Waals surface area contributed by atoms with Crippen LogP contribution in [0.15, 0.2) is 48.5 Å². The lowest BCUT2D eigenvalue weighted by Crippen LogP contribution is -2.47. The molecule has 0 saturated carbocycles. The van der Waals surface area contributed by atoms with Gasteiger partial charge in [-0.1, -0.05) is 19.1 Å². The van der Waals surface area contributed by atoms with E-state index < -0.39 is 16.1 Å². The maximum atomic E-state index is 13.3.